The lowest BCUT2D eigenvalue weighted by Gasteiger charge is -2.33. The van der Waals surface area contributed by atoms with E-state index in [2.05, 4.69) is 12.9 Å². The Hall–Kier alpha value is 0.840. The molecule has 1 fully saturated rings. The molecule has 0 aromatic carbocycles. The standard InChI is InChI=1S/C9H16FIOS/c1-7(2)9(10)5-3-8(4-6-9)11-12-13/h7,13H,3-6H2,1-2H3. The highest BCUT2D eigenvalue weighted by atomic mass is 127. The average molecular weight is 318 g/mol. The molecule has 4 heteroatoms. The van der Waals surface area contributed by atoms with Gasteiger partial charge in [0.05, 0.1) is 21.1 Å². The molecule has 0 aromatic heterocycles. The lowest BCUT2D eigenvalue weighted by atomic mass is 9.79. The van der Waals surface area contributed by atoms with Crippen molar-refractivity contribution in [2.45, 2.75) is 45.2 Å². The highest BCUT2D eigenvalue weighted by Crippen LogP contribution is 2.38. The second-order valence-corrected chi connectivity index (χ2v) is 7.14. The van der Waals surface area contributed by atoms with Crippen LogP contribution in [0.5, 0.6) is 0 Å². The number of halogens is 2. The largest absolute Gasteiger partial charge is 0.258 e. The summed E-state index contributed by atoms with van der Waals surface area (Å²) in [4.78, 5) is 0. The molecular weight excluding hydrogens is 302 g/mol. The van der Waals surface area contributed by atoms with Gasteiger partial charge < -0.3 is 0 Å². The van der Waals surface area contributed by atoms with E-state index in [0.29, 0.717) is 12.8 Å². The first-order valence-corrected chi connectivity index (χ1v) is 6.90. The molecule has 1 saturated carbocycles. The summed E-state index contributed by atoms with van der Waals surface area (Å²) in [6.07, 6.45) is 3.17. The molecule has 0 unspecified atom stereocenters. The summed E-state index contributed by atoms with van der Waals surface area (Å²) in [6.45, 7) is 3.93. The predicted octanol–water partition coefficient (Wildman–Crippen LogP) is 3.84. The van der Waals surface area contributed by atoms with Crippen LogP contribution in [0.15, 0.2) is 0 Å². The van der Waals surface area contributed by atoms with Crippen molar-refractivity contribution in [3.63, 3.8) is 0 Å². The van der Waals surface area contributed by atoms with Gasteiger partial charge in [-0.15, -0.1) is 0 Å². The third-order valence-electron chi connectivity index (χ3n) is 2.80. The minimum Gasteiger partial charge on any atom is -0.258 e. The number of alkyl halides is 1. The molecule has 0 amide bonds. The van der Waals surface area contributed by atoms with E-state index in [1.165, 1.54) is 3.51 Å². The average Bonchev–Trinajstić information content (AvgIpc) is 2.09. The zero-order valence-corrected chi connectivity index (χ0v) is 11.1. The van der Waals surface area contributed by atoms with Gasteiger partial charge in [0.1, 0.15) is 5.67 Å². The second kappa shape index (κ2) is 5.07. The fourth-order valence-corrected chi connectivity index (χ4v) is 3.55. The van der Waals surface area contributed by atoms with E-state index in [0.717, 1.165) is 12.8 Å². The second-order valence-electron chi connectivity index (χ2n) is 3.85. The zero-order chi connectivity index (χ0) is 9.90. The van der Waals surface area contributed by atoms with Gasteiger partial charge in [0.15, 0.2) is 0 Å². The third-order valence-corrected chi connectivity index (χ3v) is 5.16. The van der Waals surface area contributed by atoms with Crippen LogP contribution in [-0.2, 0) is 2.51 Å². The van der Waals surface area contributed by atoms with E-state index in [4.69, 9.17) is 2.51 Å². The molecule has 1 rings (SSSR count). The van der Waals surface area contributed by atoms with Crippen molar-refractivity contribution in [3.05, 3.63) is 0 Å². The molecule has 1 aliphatic carbocycles. The molecule has 1 aliphatic rings. The van der Waals surface area contributed by atoms with Gasteiger partial charge in [-0.3, -0.25) is 2.51 Å². The summed E-state index contributed by atoms with van der Waals surface area (Å²) in [5, 5.41) is 0. The molecule has 0 atom stereocenters. The first-order chi connectivity index (χ1) is 6.08. The van der Waals surface area contributed by atoms with Crippen molar-refractivity contribution in [2.24, 2.45) is 5.92 Å². The Morgan fingerprint density at radius 3 is 2.38 bits per heavy atom. The van der Waals surface area contributed by atoms with Crippen molar-refractivity contribution in [1.29, 1.82) is 0 Å². The van der Waals surface area contributed by atoms with Crippen LogP contribution >= 0.6 is 34.1 Å². The minimum absolute atomic E-state index is 0.143. The minimum atomic E-state index is -0.927. The summed E-state index contributed by atoms with van der Waals surface area (Å²) < 4.78 is 20.3. The molecule has 0 heterocycles. The van der Waals surface area contributed by atoms with Gasteiger partial charge in [-0.05, 0) is 48.0 Å². The van der Waals surface area contributed by atoms with Crippen LogP contribution in [0.4, 0.5) is 4.39 Å². The van der Waals surface area contributed by atoms with E-state index >= 15 is 0 Å². The molecule has 0 spiro atoms. The van der Waals surface area contributed by atoms with Crippen LogP contribution in [0, 0.1) is 5.92 Å². The smallest absolute Gasteiger partial charge is 0.114 e. The molecular formula is C9H16FIOS. The van der Waals surface area contributed by atoms with Crippen molar-refractivity contribution < 1.29 is 6.90 Å². The van der Waals surface area contributed by atoms with Gasteiger partial charge in [0, 0.05) is 0 Å². The summed E-state index contributed by atoms with van der Waals surface area (Å²) in [5.41, 5.74) is -0.927. The van der Waals surface area contributed by atoms with Crippen LogP contribution in [0.1, 0.15) is 39.5 Å². The maximum absolute atomic E-state index is 14.0. The van der Waals surface area contributed by atoms with Crippen LogP contribution in [0.25, 0.3) is 0 Å². The lowest BCUT2D eigenvalue weighted by molar-refractivity contribution is 0.0767. The van der Waals surface area contributed by atoms with E-state index in [1.807, 2.05) is 13.8 Å². The van der Waals surface area contributed by atoms with Gasteiger partial charge in [-0.1, -0.05) is 13.8 Å². The Labute approximate surface area is 95.3 Å². The number of thiol groups is 1. The molecule has 0 aromatic rings. The number of hydrogen-bond acceptors (Lipinski definition) is 2. The third kappa shape index (κ3) is 3.16. The fraction of sp³-hybridized carbons (Fsp3) is 0.889. The summed E-state index contributed by atoms with van der Waals surface area (Å²) >= 11 is 3.41. The molecule has 0 N–H and O–H groups in total. The molecule has 0 saturated heterocycles. The summed E-state index contributed by atoms with van der Waals surface area (Å²) in [5.74, 6) is 0.143. The molecule has 78 valence electrons. The van der Waals surface area contributed by atoms with Gasteiger partial charge in [0.25, 0.3) is 0 Å². The fourth-order valence-electron chi connectivity index (χ4n) is 1.64. The molecule has 13 heavy (non-hydrogen) atoms. The Bertz CT molecular complexity index is 196. The summed E-state index contributed by atoms with van der Waals surface area (Å²) in [6, 6.07) is 0. The first kappa shape index (κ1) is 11.9. The van der Waals surface area contributed by atoms with E-state index in [1.54, 1.807) is 0 Å². The van der Waals surface area contributed by atoms with E-state index in [-0.39, 0.29) is 27.1 Å². The topological polar surface area (TPSA) is 9.23 Å². The molecule has 1 nitrogen and oxygen atoms in total. The molecule has 0 aliphatic heterocycles. The Morgan fingerprint density at radius 2 is 2.00 bits per heavy atom. The van der Waals surface area contributed by atoms with E-state index in [9.17, 15) is 4.39 Å². The molecule has 0 radical (unpaired) electrons. The highest BCUT2D eigenvalue weighted by molar-refractivity contribution is 14.2. The molecule has 0 bridgehead atoms. The van der Waals surface area contributed by atoms with Gasteiger partial charge >= 0.3 is 0 Å². The van der Waals surface area contributed by atoms with Gasteiger partial charge in [-0.25, -0.2) is 4.39 Å². The number of rotatable bonds is 2. The van der Waals surface area contributed by atoms with Crippen LogP contribution in [0.3, 0.4) is 0 Å². The van der Waals surface area contributed by atoms with Crippen LogP contribution in [0.2, 0.25) is 0 Å². The van der Waals surface area contributed by atoms with Crippen molar-refractivity contribution in [3.8, 4) is 0 Å². The quantitative estimate of drug-likeness (QED) is 0.462. The van der Waals surface area contributed by atoms with Gasteiger partial charge in [0.2, 0.25) is 0 Å². The van der Waals surface area contributed by atoms with Crippen molar-refractivity contribution >= 4 is 37.6 Å². The highest BCUT2D eigenvalue weighted by Gasteiger charge is 2.36. The Kier molecular flexibility index (Phi) is 4.65. The maximum atomic E-state index is 14.0. The Morgan fingerprint density at radius 1 is 1.46 bits per heavy atom. The number of hydrogen-bond donors (Lipinski definition) is 1. The van der Waals surface area contributed by atoms with E-state index < -0.39 is 5.67 Å². The maximum Gasteiger partial charge on any atom is 0.114 e. The first-order valence-electron chi connectivity index (χ1n) is 4.57. The van der Waals surface area contributed by atoms with Crippen LogP contribution in [-0.4, -0.2) is 9.18 Å². The van der Waals surface area contributed by atoms with Crippen LogP contribution < -0.4 is 0 Å². The lowest BCUT2D eigenvalue weighted by Crippen LogP contribution is -2.34. The zero-order valence-electron chi connectivity index (χ0n) is 8.02. The normalized spacial score (nSPS) is 29.8. The predicted molar refractivity (Wildman–Crippen MR) is 66.2 cm³/mol. The van der Waals surface area contributed by atoms with Gasteiger partial charge in [-0.2, -0.15) is 0 Å². The Balaban J connectivity index is 2.51. The monoisotopic (exact) mass is 318 g/mol. The van der Waals surface area contributed by atoms with Crippen molar-refractivity contribution in [1.82, 2.24) is 0 Å². The summed E-state index contributed by atoms with van der Waals surface area (Å²) in [7, 11) is 0. The van der Waals surface area contributed by atoms with Crippen molar-refractivity contribution in [2.75, 3.05) is 0 Å². The SMILES string of the molecule is CC(C)C1(F)CCC(=IOS)CC1.